The van der Waals surface area contributed by atoms with E-state index in [2.05, 4.69) is 41.6 Å². The Hall–Kier alpha value is -2.14. The van der Waals surface area contributed by atoms with Crippen LogP contribution in [0.25, 0.3) is 10.2 Å². The first-order chi connectivity index (χ1) is 10.2. The van der Waals surface area contributed by atoms with Crippen LogP contribution in [0.1, 0.15) is 30.0 Å². The van der Waals surface area contributed by atoms with Crippen LogP contribution in [-0.2, 0) is 13.0 Å². The number of nitrogens with zero attached hydrogens (tertiary/aromatic N) is 2. The van der Waals surface area contributed by atoms with Gasteiger partial charge in [-0.25, -0.2) is 0 Å². The largest absolute Gasteiger partial charge is 0.459 e. The van der Waals surface area contributed by atoms with Crippen LogP contribution in [0.3, 0.4) is 0 Å². The summed E-state index contributed by atoms with van der Waals surface area (Å²) in [6.07, 6.45) is 2.44. The van der Waals surface area contributed by atoms with Crippen LogP contribution in [0.15, 0.2) is 46.0 Å². The zero-order valence-electron chi connectivity index (χ0n) is 12.0. The Bertz CT molecular complexity index is 841. The minimum absolute atomic E-state index is 0.269. The van der Waals surface area contributed by atoms with Crippen LogP contribution in [-0.4, -0.2) is 10.5 Å². The van der Waals surface area contributed by atoms with Crippen molar-refractivity contribution in [3.05, 3.63) is 52.7 Å². The topological polar surface area (TPSA) is 47.5 Å². The number of furan rings is 1. The Morgan fingerprint density at radius 2 is 2.14 bits per heavy atom. The normalized spacial score (nSPS) is 12.2. The lowest BCUT2D eigenvalue weighted by molar-refractivity contribution is 0.0971. The highest BCUT2D eigenvalue weighted by molar-refractivity contribution is 7.16. The van der Waals surface area contributed by atoms with Crippen molar-refractivity contribution in [1.29, 1.82) is 0 Å². The lowest BCUT2D eigenvalue weighted by atomic mass is 10.1. The van der Waals surface area contributed by atoms with Gasteiger partial charge < -0.3 is 8.98 Å². The number of rotatable bonds is 3. The first kappa shape index (κ1) is 13.8. The molecule has 1 aromatic carbocycles. The number of thiazole rings is 1. The van der Waals surface area contributed by atoms with E-state index < -0.39 is 0 Å². The van der Waals surface area contributed by atoms with Crippen molar-refractivity contribution in [3.8, 4) is 0 Å². The van der Waals surface area contributed by atoms with Gasteiger partial charge in [0, 0.05) is 6.54 Å². The summed E-state index contributed by atoms with van der Waals surface area (Å²) in [6, 6.07) is 9.57. The van der Waals surface area contributed by atoms with Gasteiger partial charge in [-0.3, -0.25) is 4.79 Å². The average Bonchev–Trinajstić information content (AvgIpc) is 3.13. The fraction of sp³-hybridized carbons (Fsp3) is 0.250. The van der Waals surface area contributed by atoms with Gasteiger partial charge in [0.1, 0.15) is 0 Å². The second-order valence-electron chi connectivity index (χ2n) is 4.64. The summed E-state index contributed by atoms with van der Waals surface area (Å²) in [4.78, 5) is 17.1. The fourth-order valence-electron chi connectivity index (χ4n) is 2.41. The van der Waals surface area contributed by atoms with Gasteiger partial charge in [0.05, 0.1) is 16.5 Å². The van der Waals surface area contributed by atoms with Crippen LogP contribution < -0.4 is 4.80 Å². The molecular formula is C16H16N2O2S. The Balaban J connectivity index is 2.21. The van der Waals surface area contributed by atoms with Crippen LogP contribution in [0.2, 0.25) is 0 Å². The maximum Gasteiger partial charge on any atom is 0.315 e. The van der Waals surface area contributed by atoms with E-state index in [0.29, 0.717) is 0 Å². The second kappa shape index (κ2) is 5.69. The maximum atomic E-state index is 12.1. The van der Waals surface area contributed by atoms with Gasteiger partial charge in [0.2, 0.25) is 0 Å². The van der Waals surface area contributed by atoms with Gasteiger partial charge in [-0.05, 0) is 37.1 Å². The van der Waals surface area contributed by atoms with E-state index in [0.717, 1.165) is 22.5 Å². The quantitative estimate of drug-likeness (QED) is 0.741. The Kier molecular flexibility index (Phi) is 3.75. The molecule has 0 saturated carbocycles. The number of hydrogen-bond donors (Lipinski definition) is 0. The van der Waals surface area contributed by atoms with Crippen molar-refractivity contribution < 1.29 is 9.21 Å². The van der Waals surface area contributed by atoms with E-state index in [1.54, 1.807) is 12.1 Å². The minimum Gasteiger partial charge on any atom is -0.459 e. The Morgan fingerprint density at radius 3 is 2.81 bits per heavy atom. The summed E-state index contributed by atoms with van der Waals surface area (Å²) in [5.74, 6) is -0.0716. The molecule has 0 radical (unpaired) electrons. The summed E-state index contributed by atoms with van der Waals surface area (Å²) in [5, 5.41) is 0. The van der Waals surface area contributed by atoms with E-state index in [1.807, 2.05) is 0 Å². The van der Waals surface area contributed by atoms with Crippen molar-refractivity contribution in [2.45, 2.75) is 26.8 Å². The van der Waals surface area contributed by atoms with Crippen molar-refractivity contribution in [1.82, 2.24) is 4.57 Å². The third-order valence-electron chi connectivity index (χ3n) is 3.41. The molecule has 0 fully saturated rings. The molecule has 0 aliphatic carbocycles. The van der Waals surface area contributed by atoms with Crippen molar-refractivity contribution >= 4 is 27.5 Å². The minimum atomic E-state index is -0.341. The number of benzene rings is 1. The van der Waals surface area contributed by atoms with Gasteiger partial charge in [0.15, 0.2) is 10.6 Å². The second-order valence-corrected chi connectivity index (χ2v) is 5.65. The molecular weight excluding hydrogens is 284 g/mol. The molecule has 0 saturated heterocycles. The molecule has 0 spiro atoms. The summed E-state index contributed by atoms with van der Waals surface area (Å²) in [6.45, 7) is 4.98. The monoisotopic (exact) mass is 300 g/mol. The third kappa shape index (κ3) is 2.45. The number of para-hydroxylation sites is 1. The molecule has 4 nitrogen and oxygen atoms in total. The zero-order chi connectivity index (χ0) is 14.8. The number of carbonyl (C=O) groups is 1. The SMILES string of the molecule is CCc1cccc2sc(=NC(=O)c3ccco3)n(CC)c12. The standard InChI is InChI=1S/C16H16N2O2S/c1-3-11-7-5-9-13-14(11)18(4-2)16(21-13)17-15(19)12-8-6-10-20-12/h5-10H,3-4H2,1-2H3. The molecule has 0 N–H and O–H groups in total. The molecule has 3 rings (SSSR count). The Labute approximate surface area is 126 Å². The van der Waals surface area contributed by atoms with Crippen molar-refractivity contribution in [2.24, 2.45) is 4.99 Å². The number of fused-ring (bicyclic) bond motifs is 1. The number of aryl methyl sites for hydroxylation is 2. The smallest absolute Gasteiger partial charge is 0.315 e. The van der Waals surface area contributed by atoms with Crippen molar-refractivity contribution in [2.75, 3.05) is 0 Å². The molecule has 5 heteroatoms. The highest BCUT2D eigenvalue weighted by Gasteiger charge is 2.11. The highest BCUT2D eigenvalue weighted by Crippen LogP contribution is 2.22. The molecule has 21 heavy (non-hydrogen) atoms. The lowest BCUT2D eigenvalue weighted by Crippen LogP contribution is -2.16. The fourth-order valence-corrected chi connectivity index (χ4v) is 3.55. The summed E-state index contributed by atoms with van der Waals surface area (Å²) < 4.78 is 8.36. The number of aromatic nitrogens is 1. The molecule has 0 atom stereocenters. The lowest BCUT2D eigenvalue weighted by Gasteiger charge is -2.04. The molecule has 0 aliphatic heterocycles. The predicted octanol–water partition coefficient (Wildman–Crippen LogP) is 3.62. The highest BCUT2D eigenvalue weighted by atomic mass is 32.1. The molecule has 1 amide bonds. The Morgan fingerprint density at radius 1 is 1.29 bits per heavy atom. The molecule has 2 heterocycles. The van der Waals surface area contributed by atoms with Crippen molar-refractivity contribution in [3.63, 3.8) is 0 Å². The first-order valence-electron chi connectivity index (χ1n) is 6.98. The molecule has 3 aromatic rings. The first-order valence-corrected chi connectivity index (χ1v) is 7.80. The summed E-state index contributed by atoms with van der Waals surface area (Å²) >= 11 is 1.54. The van der Waals surface area contributed by atoms with Crippen LogP contribution in [0, 0.1) is 0 Å². The number of hydrogen-bond acceptors (Lipinski definition) is 3. The van der Waals surface area contributed by atoms with Gasteiger partial charge >= 0.3 is 5.91 Å². The number of carbonyl (C=O) groups excluding carboxylic acids is 1. The predicted molar refractivity (Wildman–Crippen MR) is 83.5 cm³/mol. The van der Waals surface area contributed by atoms with E-state index >= 15 is 0 Å². The van der Waals surface area contributed by atoms with Gasteiger partial charge in [-0.15, -0.1) is 0 Å². The van der Waals surface area contributed by atoms with Crippen LogP contribution in [0.5, 0.6) is 0 Å². The van der Waals surface area contributed by atoms with E-state index in [9.17, 15) is 4.79 Å². The molecule has 2 aromatic heterocycles. The number of amides is 1. The summed E-state index contributed by atoms with van der Waals surface area (Å²) in [7, 11) is 0. The maximum absolute atomic E-state index is 12.1. The molecule has 0 unspecified atom stereocenters. The van der Waals surface area contributed by atoms with Crippen LogP contribution >= 0.6 is 11.3 Å². The van der Waals surface area contributed by atoms with Crippen LogP contribution in [0.4, 0.5) is 0 Å². The molecule has 0 bridgehead atoms. The van der Waals surface area contributed by atoms with E-state index in [4.69, 9.17) is 4.42 Å². The van der Waals surface area contributed by atoms with E-state index in [1.165, 1.54) is 28.7 Å². The zero-order valence-corrected chi connectivity index (χ0v) is 12.8. The average molecular weight is 300 g/mol. The molecule has 108 valence electrons. The molecule has 0 aliphatic rings. The summed E-state index contributed by atoms with van der Waals surface area (Å²) in [5.41, 5.74) is 2.45. The van der Waals surface area contributed by atoms with Gasteiger partial charge in [0.25, 0.3) is 0 Å². The third-order valence-corrected chi connectivity index (χ3v) is 4.45. The van der Waals surface area contributed by atoms with Gasteiger partial charge in [-0.2, -0.15) is 4.99 Å². The van der Waals surface area contributed by atoms with E-state index in [-0.39, 0.29) is 11.7 Å². The van der Waals surface area contributed by atoms with Gasteiger partial charge in [-0.1, -0.05) is 30.4 Å².